The molecule has 0 aliphatic carbocycles. The van der Waals surface area contributed by atoms with E-state index in [0.717, 1.165) is 29.7 Å². The summed E-state index contributed by atoms with van der Waals surface area (Å²) < 4.78 is 6.57. The summed E-state index contributed by atoms with van der Waals surface area (Å²) in [6.07, 6.45) is 2.04. The molecular formula is C19H19IO. The van der Waals surface area contributed by atoms with Crippen molar-refractivity contribution in [2.75, 3.05) is 7.11 Å². The van der Waals surface area contributed by atoms with E-state index in [1.807, 2.05) is 24.3 Å². The molecule has 0 aromatic heterocycles. The van der Waals surface area contributed by atoms with Crippen molar-refractivity contribution < 1.29 is 4.74 Å². The van der Waals surface area contributed by atoms with Gasteiger partial charge < -0.3 is 4.74 Å². The fourth-order valence-electron chi connectivity index (χ4n) is 2.18. The maximum absolute atomic E-state index is 5.24. The SMILES string of the molecule is CCc1cc(C#Cc2cccc(OC)c2)c(CC)cc1I. The molecule has 0 fully saturated rings. The Kier molecular flexibility index (Phi) is 5.69. The summed E-state index contributed by atoms with van der Waals surface area (Å²) >= 11 is 2.41. The highest BCUT2D eigenvalue weighted by atomic mass is 127. The molecule has 0 amide bonds. The highest BCUT2D eigenvalue weighted by Gasteiger charge is 2.04. The third-order valence-electron chi connectivity index (χ3n) is 3.45. The first-order valence-electron chi connectivity index (χ1n) is 7.15. The molecule has 0 aliphatic heterocycles. The first kappa shape index (κ1) is 15.9. The van der Waals surface area contributed by atoms with Crippen molar-refractivity contribution in [2.24, 2.45) is 0 Å². The second-order valence-corrected chi connectivity index (χ2v) is 5.95. The molecule has 0 N–H and O–H groups in total. The van der Waals surface area contributed by atoms with Gasteiger partial charge in [0.2, 0.25) is 0 Å². The summed E-state index contributed by atoms with van der Waals surface area (Å²) in [5.41, 5.74) is 4.79. The molecule has 0 atom stereocenters. The zero-order valence-electron chi connectivity index (χ0n) is 12.7. The predicted octanol–water partition coefficient (Wildman–Crippen LogP) is 4.82. The summed E-state index contributed by atoms with van der Waals surface area (Å²) in [6, 6.07) is 12.4. The van der Waals surface area contributed by atoms with Crippen LogP contribution < -0.4 is 4.74 Å². The first-order chi connectivity index (χ1) is 10.2. The number of benzene rings is 2. The Morgan fingerprint density at radius 2 is 1.76 bits per heavy atom. The van der Waals surface area contributed by atoms with Crippen LogP contribution in [0.2, 0.25) is 0 Å². The van der Waals surface area contributed by atoms with Crippen LogP contribution in [0.25, 0.3) is 0 Å². The molecule has 0 heterocycles. The molecule has 2 aromatic rings. The lowest BCUT2D eigenvalue weighted by molar-refractivity contribution is 0.414. The summed E-state index contributed by atoms with van der Waals surface area (Å²) in [5, 5.41) is 0. The monoisotopic (exact) mass is 390 g/mol. The Bertz CT molecular complexity index is 692. The molecule has 2 rings (SSSR count). The first-order valence-corrected chi connectivity index (χ1v) is 8.23. The van der Waals surface area contributed by atoms with Gasteiger partial charge in [-0.15, -0.1) is 0 Å². The number of rotatable bonds is 3. The Balaban J connectivity index is 2.41. The average molecular weight is 390 g/mol. The van der Waals surface area contributed by atoms with E-state index in [9.17, 15) is 0 Å². The second-order valence-electron chi connectivity index (χ2n) is 4.79. The summed E-state index contributed by atoms with van der Waals surface area (Å²) in [7, 11) is 1.67. The third-order valence-corrected chi connectivity index (χ3v) is 4.45. The van der Waals surface area contributed by atoms with Gasteiger partial charge in [-0.05, 0) is 76.9 Å². The van der Waals surface area contributed by atoms with Gasteiger partial charge in [0.25, 0.3) is 0 Å². The zero-order valence-corrected chi connectivity index (χ0v) is 14.8. The van der Waals surface area contributed by atoms with E-state index in [0.29, 0.717) is 0 Å². The molecule has 21 heavy (non-hydrogen) atoms. The Labute approximate surface area is 140 Å². The van der Waals surface area contributed by atoms with Crippen LogP contribution >= 0.6 is 22.6 Å². The van der Waals surface area contributed by atoms with Crippen molar-refractivity contribution >= 4 is 22.6 Å². The molecular weight excluding hydrogens is 371 g/mol. The van der Waals surface area contributed by atoms with E-state index in [4.69, 9.17) is 4.74 Å². The zero-order chi connectivity index (χ0) is 15.2. The van der Waals surface area contributed by atoms with Gasteiger partial charge in [-0.2, -0.15) is 0 Å². The number of hydrogen-bond donors (Lipinski definition) is 0. The standard InChI is InChI=1S/C19H19IO/c1-4-15-13-19(20)16(5-2)12-17(15)10-9-14-7-6-8-18(11-14)21-3/h6-8,11-13H,4-5H2,1-3H3. The van der Waals surface area contributed by atoms with E-state index < -0.39 is 0 Å². The number of halogens is 1. The molecule has 0 saturated carbocycles. The minimum absolute atomic E-state index is 0.842. The van der Waals surface area contributed by atoms with Crippen LogP contribution in [0.1, 0.15) is 36.1 Å². The molecule has 1 nitrogen and oxygen atoms in total. The van der Waals surface area contributed by atoms with Crippen LogP contribution in [-0.2, 0) is 12.8 Å². The smallest absolute Gasteiger partial charge is 0.120 e. The molecule has 0 aliphatic rings. The van der Waals surface area contributed by atoms with E-state index >= 15 is 0 Å². The lowest BCUT2D eigenvalue weighted by Gasteiger charge is -2.07. The van der Waals surface area contributed by atoms with Gasteiger partial charge in [-0.3, -0.25) is 0 Å². The largest absolute Gasteiger partial charge is 0.497 e. The summed E-state index contributed by atoms with van der Waals surface area (Å²) in [4.78, 5) is 0. The molecule has 0 saturated heterocycles. The number of hydrogen-bond acceptors (Lipinski definition) is 1. The highest BCUT2D eigenvalue weighted by molar-refractivity contribution is 14.1. The van der Waals surface area contributed by atoms with Crippen LogP contribution in [0, 0.1) is 15.4 Å². The Hall–Kier alpha value is -1.47. The van der Waals surface area contributed by atoms with Crippen molar-refractivity contribution in [1.29, 1.82) is 0 Å². The fourth-order valence-corrected chi connectivity index (χ4v) is 3.09. The van der Waals surface area contributed by atoms with Crippen LogP contribution in [0.3, 0.4) is 0 Å². The van der Waals surface area contributed by atoms with Gasteiger partial charge in [0.05, 0.1) is 7.11 Å². The summed E-state index contributed by atoms with van der Waals surface area (Å²) in [5.74, 6) is 7.42. The third kappa shape index (κ3) is 4.01. The number of ether oxygens (including phenoxy) is 1. The van der Waals surface area contributed by atoms with E-state index in [1.54, 1.807) is 7.11 Å². The quantitative estimate of drug-likeness (QED) is 0.539. The van der Waals surface area contributed by atoms with Gasteiger partial charge in [0.1, 0.15) is 5.75 Å². The molecule has 0 spiro atoms. The van der Waals surface area contributed by atoms with E-state index in [1.165, 1.54) is 14.7 Å². The predicted molar refractivity (Wildman–Crippen MR) is 96.9 cm³/mol. The topological polar surface area (TPSA) is 9.23 Å². The minimum Gasteiger partial charge on any atom is -0.497 e. The molecule has 0 radical (unpaired) electrons. The molecule has 108 valence electrons. The van der Waals surface area contributed by atoms with Gasteiger partial charge in [-0.25, -0.2) is 0 Å². The lowest BCUT2D eigenvalue weighted by atomic mass is 10.0. The fraction of sp³-hybridized carbons (Fsp3) is 0.263. The van der Waals surface area contributed by atoms with Crippen LogP contribution in [0.5, 0.6) is 5.75 Å². The highest BCUT2D eigenvalue weighted by Crippen LogP contribution is 2.20. The van der Waals surface area contributed by atoms with E-state index in [2.05, 4.69) is 60.4 Å². The van der Waals surface area contributed by atoms with Gasteiger partial charge in [-0.1, -0.05) is 31.8 Å². The van der Waals surface area contributed by atoms with Crippen molar-refractivity contribution in [3.8, 4) is 17.6 Å². The van der Waals surface area contributed by atoms with Gasteiger partial charge >= 0.3 is 0 Å². The van der Waals surface area contributed by atoms with Crippen molar-refractivity contribution in [1.82, 2.24) is 0 Å². The molecule has 0 bridgehead atoms. The van der Waals surface area contributed by atoms with Crippen molar-refractivity contribution in [3.63, 3.8) is 0 Å². The summed E-state index contributed by atoms with van der Waals surface area (Å²) in [6.45, 7) is 4.36. The lowest BCUT2D eigenvalue weighted by Crippen LogP contribution is -1.94. The maximum atomic E-state index is 5.24. The maximum Gasteiger partial charge on any atom is 0.120 e. The Morgan fingerprint density at radius 1 is 1.00 bits per heavy atom. The van der Waals surface area contributed by atoms with Crippen LogP contribution in [-0.4, -0.2) is 7.11 Å². The number of methoxy groups -OCH3 is 1. The van der Waals surface area contributed by atoms with E-state index in [-0.39, 0.29) is 0 Å². The van der Waals surface area contributed by atoms with Crippen molar-refractivity contribution in [2.45, 2.75) is 26.7 Å². The van der Waals surface area contributed by atoms with Crippen molar-refractivity contribution in [3.05, 3.63) is 62.2 Å². The number of aryl methyl sites for hydroxylation is 2. The van der Waals surface area contributed by atoms with Crippen LogP contribution in [0.4, 0.5) is 0 Å². The Morgan fingerprint density at radius 3 is 2.43 bits per heavy atom. The minimum atomic E-state index is 0.842. The van der Waals surface area contributed by atoms with Gasteiger partial charge in [0, 0.05) is 14.7 Å². The van der Waals surface area contributed by atoms with Crippen LogP contribution in [0.15, 0.2) is 36.4 Å². The molecule has 2 heteroatoms. The molecule has 0 unspecified atom stereocenters. The average Bonchev–Trinajstić information content (AvgIpc) is 2.53. The normalized spacial score (nSPS) is 9.90. The molecule has 2 aromatic carbocycles. The second kappa shape index (κ2) is 7.51. The van der Waals surface area contributed by atoms with Gasteiger partial charge in [0.15, 0.2) is 0 Å².